The average molecular weight is 333 g/mol. The number of H-pyrrole nitrogens is 1. The minimum Gasteiger partial charge on any atom is -0.348 e. The fourth-order valence-corrected chi connectivity index (χ4v) is 2.64. The van der Waals surface area contributed by atoms with E-state index in [1.807, 2.05) is 25.1 Å². The molecule has 1 atom stereocenters. The third kappa shape index (κ3) is 4.41. The highest BCUT2D eigenvalue weighted by Gasteiger charge is 2.11. The van der Waals surface area contributed by atoms with Crippen LogP contribution in [0, 0.1) is 0 Å². The lowest BCUT2D eigenvalue weighted by atomic mass is 10.0. The lowest BCUT2D eigenvalue weighted by Gasteiger charge is -2.14. The Morgan fingerprint density at radius 1 is 1.00 bits per heavy atom. The van der Waals surface area contributed by atoms with E-state index in [1.54, 1.807) is 0 Å². The first-order chi connectivity index (χ1) is 12.1. The van der Waals surface area contributed by atoms with Crippen LogP contribution in [0.3, 0.4) is 0 Å². The van der Waals surface area contributed by atoms with Gasteiger partial charge in [-0.1, -0.05) is 54.6 Å². The van der Waals surface area contributed by atoms with Crippen LogP contribution in [0.5, 0.6) is 0 Å². The van der Waals surface area contributed by atoms with Crippen LogP contribution in [-0.4, -0.2) is 22.1 Å². The van der Waals surface area contributed by atoms with E-state index in [2.05, 4.69) is 51.9 Å². The Hall–Kier alpha value is -3.21. The summed E-state index contributed by atoms with van der Waals surface area (Å²) in [5.41, 5.74) is 3.36. The van der Waals surface area contributed by atoms with Gasteiger partial charge in [-0.25, -0.2) is 5.10 Å². The largest absolute Gasteiger partial charge is 0.348 e. The first-order valence-corrected chi connectivity index (χ1v) is 8.13. The zero-order valence-corrected chi connectivity index (χ0v) is 13.9. The van der Waals surface area contributed by atoms with Gasteiger partial charge in [-0.15, -0.1) is 0 Å². The summed E-state index contributed by atoms with van der Waals surface area (Å²) >= 11 is 0. The van der Waals surface area contributed by atoms with Gasteiger partial charge in [-0.3, -0.25) is 9.59 Å². The van der Waals surface area contributed by atoms with Crippen molar-refractivity contribution in [1.29, 1.82) is 0 Å². The van der Waals surface area contributed by atoms with Gasteiger partial charge < -0.3 is 5.32 Å². The number of aromatic nitrogens is 2. The van der Waals surface area contributed by atoms with Crippen molar-refractivity contribution in [2.75, 3.05) is 0 Å². The van der Waals surface area contributed by atoms with Crippen molar-refractivity contribution in [3.63, 3.8) is 0 Å². The van der Waals surface area contributed by atoms with Crippen molar-refractivity contribution in [3.8, 4) is 11.1 Å². The van der Waals surface area contributed by atoms with E-state index >= 15 is 0 Å². The molecular weight excluding hydrogens is 314 g/mol. The van der Waals surface area contributed by atoms with Crippen LogP contribution in [0.1, 0.15) is 23.0 Å². The summed E-state index contributed by atoms with van der Waals surface area (Å²) in [5, 5.41) is 8.88. The fourth-order valence-electron chi connectivity index (χ4n) is 2.64. The minimum absolute atomic E-state index is 0.0520. The fraction of sp³-hybridized carbons (Fsp3) is 0.150. The molecule has 0 bridgehead atoms. The maximum absolute atomic E-state index is 12.1. The lowest BCUT2D eigenvalue weighted by molar-refractivity contribution is 0.0934. The molecule has 1 aromatic heterocycles. The zero-order chi connectivity index (χ0) is 17.6. The van der Waals surface area contributed by atoms with Crippen molar-refractivity contribution in [3.05, 3.63) is 88.3 Å². The number of carbonyl (C=O) groups is 1. The molecule has 2 N–H and O–H groups in total. The molecule has 0 unspecified atom stereocenters. The summed E-state index contributed by atoms with van der Waals surface area (Å²) in [7, 11) is 0. The van der Waals surface area contributed by atoms with Crippen molar-refractivity contribution >= 4 is 5.91 Å². The van der Waals surface area contributed by atoms with E-state index in [1.165, 1.54) is 23.3 Å². The van der Waals surface area contributed by atoms with E-state index in [-0.39, 0.29) is 23.2 Å². The van der Waals surface area contributed by atoms with Crippen molar-refractivity contribution in [2.45, 2.75) is 19.4 Å². The molecule has 0 aliphatic rings. The molecule has 2 aromatic carbocycles. The molecule has 126 valence electrons. The molecule has 1 heterocycles. The van der Waals surface area contributed by atoms with Gasteiger partial charge in [0, 0.05) is 12.1 Å². The van der Waals surface area contributed by atoms with Gasteiger partial charge in [0.15, 0.2) is 0 Å². The van der Waals surface area contributed by atoms with Gasteiger partial charge in [0.25, 0.3) is 11.5 Å². The number of hydrogen-bond acceptors (Lipinski definition) is 3. The maximum atomic E-state index is 12.1. The molecule has 0 spiro atoms. The molecule has 0 saturated heterocycles. The summed E-state index contributed by atoms with van der Waals surface area (Å²) in [5.74, 6) is -0.301. The second kappa shape index (κ2) is 7.57. The monoisotopic (exact) mass is 333 g/mol. The molecule has 0 fully saturated rings. The zero-order valence-electron chi connectivity index (χ0n) is 13.9. The van der Waals surface area contributed by atoms with E-state index in [0.29, 0.717) is 6.42 Å². The molecule has 0 aliphatic heterocycles. The van der Waals surface area contributed by atoms with Gasteiger partial charge in [0.1, 0.15) is 5.69 Å². The Morgan fingerprint density at radius 2 is 1.68 bits per heavy atom. The molecule has 5 heteroatoms. The van der Waals surface area contributed by atoms with Gasteiger partial charge in [0.2, 0.25) is 0 Å². The summed E-state index contributed by atoms with van der Waals surface area (Å²) in [6.45, 7) is 1.94. The topological polar surface area (TPSA) is 74.8 Å². The minimum atomic E-state index is -0.330. The highest BCUT2D eigenvalue weighted by molar-refractivity contribution is 5.92. The van der Waals surface area contributed by atoms with E-state index in [9.17, 15) is 9.59 Å². The van der Waals surface area contributed by atoms with Gasteiger partial charge in [-0.2, -0.15) is 5.10 Å². The molecule has 1 amide bonds. The molecule has 0 saturated carbocycles. The van der Waals surface area contributed by atoms with E-state index in [0.717, 1.165) is 5.56 Å². The number of aromatic amines is 1. The lowest BCUT2D eigenvalue weighted by Crippen LogP contribution is -2.35. The maximum Gasteiger partial charge on any atom is 0.271 e. The Morgan fingerprint density at radius 3 is 2.32 bits per heavy atom. The van der Waals surface area contributed by atoms with Crippen LogP contribution >= 0.6 is 0 Å². The molecule has 0 radical (unpaired) electrons. The molecule has 5 nitrogen and oxygen atoms in total. The second-order valence-corrected chi connectivity index (χ2v) is 5.95. The Kier molecular flexibility index (Phi) is 5.04. The van der Waals surface area contributed by atoms with Crippen LogP contribution in [0.15, 0.2) is 71.5 Å². The third-order valence-corrected chi connectivity index (χ3v) is 3.89. The number of nitrogens with zero attached hydrogens (tertiary/aromatic N) is 1. The first kappa shape index (κ1) is 16.6. The molecular formula is C20H19N3O2. The number of hydrogen-bond donors (Lipinski definition) is 2. The number of rotatable bonds is 5. The van der Waals surface area contributed by atoms with Crippen LogP contribution in [0.25, 0.3) is 11.1 Å². The van der Waals surface area contributed by atoms with E-state index < -0.39 is 0 Å². The highest BCUT2D eigenvalue weighted by Crippen LogP contribution is 2.19. The summed E-state index contributed by atoms with van der Waals surface area (Å²) in [6.07, 6.45) is 0.712. The summed E-state index contributed by atoms with van der Waals surface area (Å²) in [4.78, 5) is 23.1. The van der Waals surface area contributed by atoms with Gasteiger partial charge in [-0.05, 0) is 36.1 Å². The molecule has 0 aliphatic carbocycles. The average Bonchev–Trinajstić information content (AvgIpc) is 2.63. The van der Waals surface area contributed by atoms with Crippen molar-refractivity contribution < 1.29 is 4.79 Å². The van der Waals surface area contributed by atoms with Gasteiger partial charge >= 0.3 is 0 Å². The normalized spacial score (nSPS) is 11.7. The van der Waals surface area contributed by atoms with Crippen LogP contribution in [-0.2, 0) is 6.42 Å². The smallest absolute Gasteiger partial charge is 0.271 e. The Balaban J connectivity index is 1.61. The van der Waals surface area contributed by atoms with Crippen molar-refractivity contribution in [2.24, 2.45) is 0 Å². The molecule has 3 rings (SSSR count). The summed E-state index contributed by atoms with van der Waals surface area (Å²) < 4.78 is 0. The number of nitrogens with one attached hydrogen (secondary N) is 2. The molecule has 25 heavy (non-hydrogen) atoms. The SMILES string of the molecule is C[C@@H](Cc1ccc(-c2ccccc2)cc1)NC(=O)c1ccc(=O)[nH]n1. The third-order valence-electron chi connectivity index (χ3n) is 3.89. The standard InChI is InChI=1S/C20H19N3O2/c1-14(21-20(25)18-11-12-19(24)23-22-18)13-15-7-9-17(10-8-15)16-5-3-2-4-6-16/h2-12,14H,13H2,1H3,(H,21,25)(H,23,24)/t14-/m0/s1. The number of amides is 1. The van der Waals surface area contributed by atoms with Crippen LogP contribution in [0.2, 0.25) is 0 Å². The first-order valence-electron chi connectivity index (χ1n) is 8.13. The van der Waals surface area contributed by atoms with Gasteiger partial charge in [0.05, 0.1) is 0 Å². The number of benzene rings is 2. The van der Waals surface area contributed by atoms with Crippen LogP contribution in [0.4, 0.5) is 0 Å². The Labute approximate surface area is 145 Å². The molecule has 3 aromatic rings. The summed E-state index contributed by atoms with van der Waals surface area (Å²) in [6, 6.07) is 21.2. The second-order valence-electron chi connectivity index (χ2n) is 5.95. The Bertz CT molecular complexity index is 882. The van der Waals surface area contributed by atoms with Crippen molar-refractivity contribution in [1.82, 2.24) is 15.5 Å². The quantitative estimate of drug-likeness (QED) is 0.754. The van der Waals surface area contributed by atoms with E-state index in [4.69, 9.17) is 0 Å². The predicted octanol–water partition coefficient (Wildman–Crippen LogP) is 2.80. The van der Waals surface area contributed by atoms with Crippen LogP contribution < -0.4 is 10.9 Å². The number of carbonyl (C=O) groups excluding carboxylic acids is 1. The predicted molar refractivity (Wildman–Crippen MR) is 97.4 cm³/mol. The highest BCUT2D eigenvalue weighted by atomic mass is 16.2.